The van der Waals surface area contributed by atoms with Crippen molar-refractivity contribution in [2.24, 2.45) is 17.8 Å². The maximum Gasteiger partial charge on any atom is 0.435 e. The van der Waals surface area contributed by atoms with Crippen LogP contribution in [0.1, 0.15) is 43.4 Å². The summed E-state index contributed by atoms with van der Waals surface area (Å²) in [7, 11) is -4.83. The van der Waals surface area contributed by atoms with E-state index in [-0.39, 0.29) is 49.3 Å². The van der Waals surface area contributed by atoms with E-state index in [4.69, 9.17) is 0 Å². The number of benzene rings is 2. The van der Waals surface area contributed by atoms with Crippen LogP contribution in [0.2, 0.25) is 0 Å². The van der Waals surface area contributed by atoms with Crippen LogP contribution in [0, 0.1) is 23.6 Å². The molecular formula is C28H27F8NO5S. The van der Waals surface area contributed by atoms with E-state index in [0.717, 1.165) is 24.3 Å². The molecule has 0 bridgehead atoms. The van der Waals surface area contributed by atoms with E-state index < -0.39 is 78.1 Å². The van der Waals surface area contributed by atoms with E-state index in [1.807, 2.05) is 0 Å². The zero-order valence-corrected chi connectivity index (χ0v) is 23.5. The number of nitrogens with one attached hydrogen (secondary N) is 1. The fraction of sp³-hybridized carbons (Fsp3) is 0.500. The van der Waals surface area contributed by atoms with Crippen molar-refractivity contribution in [3.05, 3.63) is 65.0 Å². The molecular weight excluding hydrogens is 614 g/mol. The zero-order chi connectivity index (χ0) is 32.4. The number of carbonyl (C=O) groups excluding carboxylic acids is 2. The molecule has 2 N–H and O–H groups in total. The van der Waals surface area contributed by atoms with E-state index in [9.17, 15) is 58.2 Å². The maximum absolute atomic E-state index is 15.0. The van der Waals surface area contributed by atoms with E-state index in [1.165, 1.54) is 13.8 Å². The first-order valence-electron chi connectivity index (χ1n) is 13.0. The smallest absolute Gasteiger partial charge is 0.389 e. The van der Waals surface area contributed by atoms with Gasteiger partial charge in [-0.1, -0.05) is 18.2 Å². The highest BCUT2D eigenvalue weighted by atomic mass is 32.2. The van der Waals surface area contributed by atoms with Crippen LogP contribution in [0.3, 0.4) is 0 Å². The van der Waals surface area contributed by atoms with Crippen molar-refractivity contribution in [2.45, 2.75) is 66.4 Å². The molecule has 0 heterocycles. The SMILES string of the molecule is CC(C)(O)CNC(=O)[C@@H]1CC(C=O)[C@]2(S(=O)(=O)c3ccc(F)cc3)c3ccc(C(F)(C(F)(F)F)C(F)(F)F)cc3CC[C@@H]12. The van der Waals surface area contributed by atoms with Gasteiger partial charge < -0.3 is 15.2 Å². The average Bonchev–Trinajstić information content (AvgIpc) is 3.26. The summed E-state index contributed by atoms with van der Waals surface area (Å²) in [5.41, 5.74) is -9.70. The molecule has 0 radical (unpaired) electrons. The lowest BCUT2D eigenvalue weighted by Crippen LogP contribution is -2.52. The van der Waals surface area contributed by atoms with Crippen molar-refractivity contribution >= 4 is 22.0 Å². The average molecular weight is 642 g/mol. The van der Waals surface area contributed by atoms with Gasteiger partial charge in [0.2, 0.25) is 5.91 Å². The molecule has 4 atom stereocenters. The first kappa shape index (κ1) is 32.8. The molecule has 0 aliphatic heterocycles. The Hall–Kier alpha value is -3.07. The van der Waals surface area contributed by atoms with Gasteiger partial charge in [-0.05, 0) is 74.4 Å². The minimum atomic E-state index is -6.42. The number of aldehydes is 1. The third-order valence-electron chi connectivity index (χ3n) is 8.29. The number of carbonyl (C=O) groups is 2. The highest BCUT2D eigenvalue weighted by molar-refractivity contribution is 7.92. The minimum Gasteiger partial charge on any atom is -0.389 e. The third kappa shape index (κ3) is 5.11. The van der Waals surface area contributed by atoms with Crippen LogP contribution in [0.25, 0.3) is 0 Å². The van der Waals surface area contributed by atoms with E-state index in [2.05, 4.69) is 5.32 Å². The molecule has 1 unspecified atom stereocenters. The second-order valence-electron chi connectivity index (χ2n) is 11.5. The number of rotatable bonds is 7. The zero-order valence-electron chi connectivity index (χ0n) is 22.7. The van der Waals surface area contributed by atoms with Crippen LogP contribution in [0.4, 0.5) is 35.1 Å². The Morgan fingerprint density at radius 2 is 1.60 bits per heavy atom. The Morgan fingerprint density at radius 1 is 1.02 bits per heavy atom. The molecule has 2 aliphatic rings. The number of alkyl halides is 7. The molecule has 2 aromatic rings. The summed E-state index contributed by atoms with van der Waals surface area (Å²) in [5.74, 6) is -5.49. The summed E-state index contributed by atoms with van der Waals surface area (Å²) in [4.78, 5) is 25.3. The van der Waals surface area contributed by atoms with E-state index in [0.29, 0.717) is 12.1 Å². The van der Waals surface area contributed by atoms with Crippen LogP contribution < -0.4 is 5.32 Å². The van der Waals surface area contributed by atoms with Crippen molar-refractivity contribution in [2.75, 3.05) is 6.54 Å². The van der Waals surface area contributed by atoms with Crippen molar-refractivity contribution in [1.82, 2.24) is 5.32 Å². The summed E-state index contributed by atoms with van der Waals surface area (Å²) in [6, 6.07) is 4.54. The highest BCUT2D eigenvalue weighted by Gasteiger charge is 2.74. The lowest BCUT2D eigenvalue weighted by molar-refractivity contribution is -0.348. The number of hydrogen-bond acceptors (Lipinski definition) is 5. The van der Waals surface area contributed by atoms with Crippen molar-refractivity contribution in [3.8, 4) is 0 Å². The number of amides is 1. The lowest BCUT2D eigenvalue weighted by Gasteiger charge is -2.44. The Morgan fingerprint density at radius 3 is 2.12 bits per heavy atom. The predicted octanol–water partition coefficient (Wildman–Crippen LogP) is 5.07. The molecule has 0 spiro atoms. The van der Waals surface area contributed by atoms with Gasteiger partial charge >= 0.3 is 18.0 Å². The molecule has 236 valence electrons. The number of sulfone groups is 1. The number of aryl methyl sites for hydroxylation is 1. The number of halogens is 8. The Kier molecular flexibility index (Phi) is 8.04. The van der Waals surface area contributed by atoms with Gasteiger partial charge in [0, 0.05) is 23.9 Å². The topological polar surface area (TPSA) is 101 Å². The summed E-state index contributed by atoms with van der Waals surface area (Å²) in [5, 5.41) is 12.5. The molecule has 2 aromatic carbocycles. The van der Waals surface area contributed by atoms with Crippen LogP contribution >= 0.6 is 0 Å². The number of aliphatic hydroxyl groups is 1. The van der Waals surface area contributed by atoms with E-state index >= 15 is 0 Å². The summed E-state index contributed by atoms with van der Waals surface area (Å²) < 4.78 is 136. The molecule has 1 fully saturated rings. The lowest BCUT2D eigenvalue weighted by atomic mass is 9.70. The standard InChI is InChI=1S/C28H27F8NO5S/c1-24(2,40)14-37-23(39)20-12-17(13-38)25(43(41,42)19-7-5-18(29)6-8-19)21-10-4-16(11-15(21)3-9-22(20)25)26(30,27(31,32)33)28(34,35)36/h4-8,10-11,13,17,20,22,40H,3,9,12,14H2,1-2H3,(H,37,39)/t17?,20-,22+,25+/m1/s1. The van der Waals surface area contributed by atoms with Crippen LogP contribution in [0.5, 0.6) is 0 Å². The summed E-state index contributed by atoms with van der Waals surface area (Å²) in [6.07, 6.45) is -13.6. The first-order chi connectivity index (χ1) is 19.6. The quantitative estimate of drug-likeness (QED) is 0.250. The van der Waals surface area contributed by atoms with Gasteiger partial charge in [-0.3, -0.25) is 4.79 Å². The monoisotopic (exact) mass is 641 g/mol. The van der Waals surface area contributed by atoms with Gasteiger partial charge in [-0.25, -0.2) is 17.2 Å². The van der Waals surface area contributed by atoms with Gasteiger partial charge in [0.15, 0.2) is 9.84 Å². The van der Waals surface area contributed by atoms with Gasteiger partial charge in [0.25, 0.3) is 0 Å². The molecule has 2 aliphatic carbocycles. The van der Waals surface area contributed by atoms with Gasteiger partial charge in [-0.15, -0.1) is 0 Å². The van der Waals surface area contributed by atoms with Gasteiger partial charge in [0.05, 0.1) is 10.5 Å². The number of hydrogen-bond donors (Lipinski definition) is 2. The van der Waals surface area contributed by atoms with Crippen molar-refractivity contribution in [3.63, 3.8) is 0 Å². The predicted molar refractivity (Wildman–Crippen MR) is 135 cm³/mol. The number of fused-ring (bicyclic) bond motifs is 3. The highest BCUT2D eigenvalue weighted by Crippen LogP contribution is 2.62. The molecule has 0 aromatic heterocycles. The Balaban J connectivity index is 1.99. The molecule has 6 nitrogen and oxygen atoms in total. The van der Waals surface area contributed by atoms with Crippen LogP contribution in [0.15, 0.2) is 47.4 Å². The fourth-order valence-electron chi connectivity index (χ4n) is 6.43. The molecule has 1 saturated carbocycles. The normalized spacial score (nSPS) is 24.7. The molecule has 4 rings (SSSR count). The first-order valence-corrected chi connectivity index (χ1v) is 14.5. The fourth-order valence-corrected chi connectivity index (χ4v) is 9.03. The second kappa shape index (κ2) is 10.5. The largest absolute Gasteiger partial charge is 0.435 e. The Labute approximate surface area is 241 Å². The second-order valence-corrected chi connectivity index (χ2v) is 13.7. The van der Waals surface area contributed by atoms with Crippen molar-refractivity contribution < 1.29 is 58.2 Å². The maximum atomic E-state index is 15.0. The van der Waals surface area contributed by atoms with Crippen molar-refractivity contribution in [1.29, 1.82) is 0 Å². The third-order valence-corrected chi connectivity index (χ3v) is 10.9. The molecule has 15 heteroatoms. The van der Waals surface area contributed by atoms with E-state index in [1.54, 1.807) is 0 Å². The summed E-state index contributed by atoms with van der Waals surface area (Å²) >= 11 is 0. The molecule has 1 amide bonds. The molecule has 0 saturated heterocycles. The van der Waals surface area contributed by atoms with Crippen LogP contribution in [-0.2, 0) is 36.3 Å². The Bertz CT molecular complexity index is 1500. The van der Waals surface area contributed by atoms with Gasteiger partial charge in [-0.2, -0.15) is 26.3 Å². The van der Waals surface area contributed by atoms with Crippen LogP contribution in [-0.4, -0.2) is 50.2 Å². The minimum absolute atomic E-state index is 0.188. The summed E-state index contributed by atoms with van der Waals surface area (Å²) in [6.45, 7) is 2.52. The van der Waals surface area contributed by atoms with Gasteiger partial charge in [0.1, 0.15) is 16.9 Å². The molecule has 43 heavy (non-hydrogen) atoms.